The third kappa shape index (κ3) is 5.41. The number of halogens is 3. The maximum atomic E-state index is 12.3. The molecule has 0 unspecified atom stereocenters. The number of alkyl halides is 3. The third-order valence-electron chi connectivity index (χ3n) is 2.35. The number of amides is 2. The standard InChI is InChI=1S/C12H13F3N2O2/c13-12(14,15)9-3-1-8(2-4-9)5-6-17-11(19)7-10(16)18/h1-4H,5-7H2,(H2,16,18)(H,17,19). The molecule has 0 spiro atoms. The van der Waals surface area contributed by atoms with Crippen LogP contribution in [0.15, 0.2) is 24.3 Å². The van der Waals surface area contributed by atoms with E-state index in [-0.39, 0.29) is 6.54 Å². The topological polar surface area (TPSA) is 72.2 Å². The highest BCUT2D eigenvalue weighted by Gasteiger charge is 2.29. The van der Waals surface area contributed by atoms with Crippen LogP contribution in [0.1, 0.15) is 17.5 Å². The normalized spacial score (nSPS) is 11.1. The van der Waals surface area contributed by atoms with Gasteiger partial charge in [0.1, 0.15) is 6.42 Å². The lowest BCUT2D eigenvalue weighted by Crippen LogP contribution is -2.29. The summed E-state index contributed by atoms with van der Waals surface area (Å²) in [6.07, 6.45) is -4.37. The number of primary amides is 1. The molecule has 0 bridgehead atoms. The maximum absolute atomic E-state index is 12.3. The van der Waals surface area contributed by atoms with E-state index in [1.165, 1.54) is 12.1 Å². The Balaban J connectivity index is 2.42. The summed E-state index contributed by atoms with van der Waals surface area (Å²) >= 11 is 0. The van der Waals surface area contributed by atoms with Crippen LogP contribution in [-0.2, 0) is 22.2 Å². The summed E-state index contributed by atoms with van der Waals surface area (Å²) in [5.74, 6) is -1.23. The number of benzene rings is 1. The van der Waals surface area contributed by atoms with Crippen molar-refractivity contribution in [2.24, 2.45) is 5.73 Å². The zero-order valence-corrected chi connectivity index (χ0v) is 9.96. The van der Waals surface area contributed by atoms with Gasteiger partial charge in [-0.05, 0) is 24.1 Å². The molecule has 4 nitrogen and oxygen atoms in total. The summed E-state index contributed by atoms with van der Waals surface area (Å²) in [5.41, 5.74) is 4.77. The van der Waals surface area contributed by atoms with E-state index in [4.69, 9.17) is 5.73 Å². The molecule has 1 rings (SSSR count). The number of carbonyl (C=O) groups is 2. The molecule has 3 N–H and O–H groups in total. The Morgan fingerprint density at radius 2 is 1.74 bits per heavy atom. The molecular weight excluding hydrogens is 261 g/mol. The highest BCUT2D eigenvalue weighted by Crippen LogP contribution is 2.29. The van der Waals surface area contributed by atoms with Gasteiger partial charge in [-0.1, -0.05) is 12.1 Å². The van der Waals surface area contributed by atoms with Gasteiger partial charge < -0.3 is 11.1 Å². The third-order valence-corrected chi connectivity index (χ3v) is 2.35. The molecule has 1 aromatic carbocycles. The van der Waals surface area contributed by atoms with Gasteiger partial charge in [0.15, 0.2) is 0 Å². The van der Waals surface area contributed by atoms with Gasteiger partial charge in [0.25, 0.3) is 0 Å². The molecule has 0 aliphatic heterocycles. The van der Waals surface area contributed by atoms with Crippen LogP contribution >= 0.6 is 0 Å². The summed E-state index contributed by atoms with van der Waals surface area (Å²) in [7, 11) is 0. The summed E-state index contributed by atoms with van der Waals surface area (Å²) in [6, 6.07) is 4.67. The first kappa shape index (κ1) is 15.0. The molecular formula is C12H13F3N2O2. The number of rotatable bonds is 5. The maximum Gasteiger partial charge on any atom is 0.416 e. The monoisotopic (exact) mass is 274 g/mol. The van der Waals surface area contributed by atoms with Crippen LogP contribution in [0.2, 0.25) is 0 Å². The zero-order chi connectivity index (χ0) is 14.5. The SMILES string of the molecule is NC(=O)CC(=O)NCCc1ccc(C(F)(F)F)cc1. The van der Waals surface area contributed by atoms with Crippen molar-refractivity contribution in [1.29, 1.82) is 0 Å². The van der Waals surface area contributed by atoms with Gasteiger partial charge in [0, 0.05) is 6.54 Å². The van der Waals surface area contributed by atoms with Crippen LogP contribution in [0.5, 0.6) is 0 Å². The first-order chi connectivity index (χ1) is 8.79. The van der Waals surface area contributed by atoms with E-state index in [0.717, 1.165) is 12.1 Å². The van der Waals surface area contributed by atoms with E-state index >= 15 is 0 Å². The predicted molar refractivity (Wildman–Crippen MR) is 62.0 cm³/mol. The fourth-order valence-electron chi connectivity index (χ4n) is 1.43. The number of hydrogen-bond donors (Lipinski definition) is 2. The van der Waals surface area contributed by atoms with Crippen molar-refractivity contribution in [2.75, 3.05) is 6.54 Å². The van der Waals surface area contributed by atoms with Gasteiger partial charge in [-0.25, -0.2) is 0 Å². The predicted octanol–water partition coefficient (Wildman–Crippen LogP) is 1.24. The minimum absolute atomic E-state index is 0.234. The fourth-order valence-corrected chi connectivity index (χ4v) is 1.43. The minimum atomic E-state index is -4.35. The van der Waals surface area contributed by atoms with Crippen LogP contribution in [0, 0.1) is 0 Å². The minimum Gasteiger partial charge on any atom is -0.369 e. The fraction of sp³-hybridized carbons (Fsp3) is 0.333. The smallest absolute Gasteiger partial charge is 0.369 e. The van der Waals surface area contributed by atoms with Gasteiger partial charge in [0.2, 0.25) is 11.8 Å². The van der Waals surface area contributed by atoms with E-state index in [0.29, 0.717) is 12.0 Å². The molecule has 0 fully saturated rings. The Labute approximate surface area is 107 Å². The second-order valence-corrected chi connectivity index (χ2v) is 3.94. The van der Waals surface area contributed by atoms with E-state index in [2.05, 4.69) is 5.32 Å². The lowest BCUT2D eigenvalue weighted by molar-refractivity contribution is -0.137. The first-order valence-corrected chi connectivity index (χ1v) is 5.50. The van der Waals surface area contributed by atoms with Crippen LogP contribution in [-0.4, -0.2) is 18.4 Å². The summed E-state index contributed by atoms with van der Waals surface area (Å²) < 4.78 is 36.9. The lowest BCUT2D eigenvalue weighted by Gasteiger charge is -2.08. The Kier molecular flexibility index (Phi) is 4.91. The molecule has 1 aromatic rings. The van der Waals surface area contributed by atoms with Crippen LogP contribution in [0.4, 0.5) is 13.2 Å². The second-order valence-electron chi connectivity index (χ2n) is 3.94. The summed E-state index contributed by atoms with van der Waals surface area (Å²) in [4.78, 5) is 21.5. The van der Waals surface area contributed by atoms with Crippen molar-refractivity contribution in [3.63, 3.8) is 0 Å². The molecule has 0 aliphatic carbocycles. The number of nitrogens with two attached hydrogens (primary N) is 1. The van der Waals surface area contributed by atoms with Crippen molar-refractivity contribution < 1.29 is 22.8 Å². The van der Waals surface area contributed by atoms with Gasteiger partial charge >= 0.3 is 6.18 Å². The molecule has 2 amide bonds. The highest BCUT2D eigenvalue weighted by molar-refractivity contribution is 5.95. The number of hydrogen-bond acceptors (Lipinski definition) is 2. The van der Waals surface area contributed by atoms with Crippen molar-refractivity contribution in [3.05, 3.63) is 35.4 Å². The molecule has 0 aliphatic rings. The van der Waals surface area contributed by atoms with Gasteiger partial charge in [0.05, 0.1) is 5.56 Å². The second kappa shape index (κ2) is 6.21. The molecule has 19 heavy (non-hydrogen) atoms. The Morgan fingerprint density at radius 1 is 1.16 bits per heavy atom. The first-order valence-electron chi connectivity index (χ1n) is 5.50. The van der Waals surface area contributed by atoms with Gasteiger partial charge in [-0.15, -0.1) is 0 Å². The van der Waals surface area contributed by atoms with E-state index < -0.39 is 30.0 Å². The van der Waals surface area contributed by atoms with Crippen molar-refractivity contribution in [3.8, 4) is 0 Å². The van der Waals surface area contributed by atoms with E-state index in [1.54, 1.807) is 0 Å². The molecule has 0 aromatic heterocycles. The molecule has 7 heteroatoms. The Hall–Kier alpha value is -2.05. The van der Waals surface area contributed by atoms with Crippen LogP contribution < -0.4 is 11.1 Å². The van der Waals surface area contributed by atoms with Gasteiger partial charge in [-0.3, -0.25) is 9.59 Å². The van der Waals surface area contributed by atoms with Gasteiger partial charge in [-0.2, -0.15) is 13.2 Å². The summed E-state index contributed by atoms with van der Waals surface area (Å²) in [5, 5.41) is 2.45. The average Bonchev–Trinajstić information content (AvgIpc) is 2.27. The Bertz CT molecular complexity index is 455. The molecule has 0 heterocycles. The van der Waals surface area contributed by atoms with Crippen LogP contribution in [0.25, 0.3) is 0 Å². The quantitative estimate of drug-likeness (QED) is 0.793. The zero-order valence-electron chi connectivity index (χ0n) is 9.96. The number of nitrogens with one attached hydrogen (secondary N) is 1. The largest absolute Gasteiger partial charge is 0.416 e. The van der Waals surface area contributed by atoms with E-state index in [1.807, 2.05) is 0 Å². The number of carbonyl (C=O) groups excluding carboxylic acids is 2. The van der Waals surface area contributed by atoms with Crippen molar-refractivity contribution in [1.82, 2.24) is 5.32 Å². The van der Waals surface area contributed by atoms with Crippen LogP contribution in [0.3, 0.4) is 0 Å². The molecule has 0 saturated carbocycles. The molecule has 0 radical (unpaired) electrons. The van der Waals surface area contributed by atoms with Crippen molar-refractivity contribution in [2.45, 2.75) is 19.0 Å². The Morgan fingerprint density at radius 3 is 2.21 bits per heavy atom. The molecule has 0 atom stereocenters. The molecule has 0 saturated heterocycles. The average molecular weight is 274 g/mol. The van der Waals surface area contributed by atoms with Crippen molar-refractivity contribution >= 4 is 11.8 Å². The van der Waals surface area contributed by atoms with E-state index in [9.17, 15) is 22.8 Å². The highest BCUT2D eigenvalue weighted by atomic mass is 19.4. The summed E-state index contributed by atoms with van der Waals surface area (Å²) in [6.45, 7) is 0.234. The molecule has 104 valence electrons. The lowest BCUT2D eigenvalue weighted by atomic mass is 10.1.